The van der Waals surface area contributed by atoms with Crippen molar-refractivity contribution in [1.29, 1.82) is 0 Å². The highest BCUT2D eigenvalue weighted by Gasteiger charge is 2.18. The average molecular weight is 282 g/mol. The van der Waals surface area contributed by atoms with E-state index in [-0.39, 0.29) is 10.8 Å². The topological polar surface area (TPSA) is 25.8 Å². The molecule has 0 atom stereocenters. The number of aromatic nitrogens is 2. The zero-order valence-electron chi connectivity index (χ0n) is 14.1. The summed E-state index contributed by atoms with van der Waals surface area (Å²) in [6.07, 6.45) is 5.03. The van der Waals surface area contributed by atoms with E-state index in [9.17, 15) is 0 Å². The second-order valence-electron chi connectivity index (χ2n) is 7.35. The van der Waals surface area contributed by atoms with Gasteiger partial charge in [-0.25, -0.2) is 0 Å². The van der Waals surface area contributed by atoms with Crippen molar-refractivity contribution in [1.82, 2.24) is 9.97 Å². The van der Waals surface area contributed by atoms with Crippen molar-refractivity contribution in [3.63, 3.8) is 0 Å². The fraction of sp³-hybridized carbons (Fsp3) is 0.474. The molecule has 0 aromatic carbocycles. The highest BCUT2D eigenvalue weighted by Crippen LogP contribution is 2.28. The minimum absolute atomic E-state index is 0.0843. The summed E-state index contributed by atoms with van der Waals surface area (Å²) in [4.78, 5) is 9.19. The molecule has 2 heterocycles. The fourth-order valence-corrected chi connectivity index (χ4v) is 2.16. The van der Waals surface area contributed by atoms with E-state index in [0.717, 1.165) is 23.4 Å². The van der Waals surface area contributed by atoms with Crippen LogP contribution in [0.25, 0.3) is 11.3 Å². The first kappa shape index (κ1) is 15.7. The van der Waals surface area contributed by atoms with E-state index < -0.39 is 0 Å². The van der Waals surface area contributed by atoms with Gasteiger partial charge in [0.25, 0.3) is 0 Å². The van der Waals surface area contributed by atoms with Crippen LogP contribution in [0.4, 0.5) is 0 Å². The van der Waals surface area contributed by atoms with Crippen molar-refractivity contribution in [2.24, 2.45) is 0 Å². The van der Waals surface area contributed by atoms with Crippen LogP contribution in [0.1, 0.15) is 59.2 Å². The summed E-state index contributed by atoms with van der Waals surface area (Å²) >= 11 is 0. The average Bonchev–Trinajstić information content (AvgIpc) is 2.47. The predicted molar refractivity (Wildman–Crippen MR) is 89.5 cm³/mol. The molecule has 0 aliphatic heterocycles. The van der Waals surface area contributed by atoms with E-state index in [1.54, 1.807) is 0 Å². The zero-order valence-corrected chi connectivity index (χ0v) is 14.1. The largest absolute Gasteiger partial charge is 0.260 e. The van der Waals surface area contributed by atoms with E-state index in [1.807, 2.05) is 12.4 Å². The quantitative estimate of drug-likeness (QED) is 0.780. The molecule has 0 unspecified atom stereocenters. The molecule has 112 valence electrons. The van der Waals surface area contributed by atoms with Crippen LogP contribution in [0.5, 0.6) is 0 Å². The van der Waals surface area contributed by atoms with Crippen LogP contribution in [0.15, 0.2) is 36.7 Å². The van der Waals surface area contributed by atoms with E-state index in [1.165, 1.54) is 5.56 Å². The summed E-state index contributed by atoms with van der Waals surface area (Å²) in [6, 6.07) is 8.49. The Bertz CT molecular complexity index is 587. The molecule has 0 saturated heterocycles. The summed E-state index contributed by atoms with van der Waals surface area (Å²) in [5.74, 6) is 0. The highest BCUT2D eigenvalue weighted by atomic mass is 14.7. The van der Waals surface area contributed by atoms with Gasteiger partial charge in [-0.3, -0.25) is 9.97 Å². The first-order valence-electron chi connectivity index (χ1n) is 7.67. The van der Waals surface area contributed by atoms with Crippen molar-refractivity contribution < 1.29 is 0 Å². The third kappa shape index (κ3) is 3.49. The molecule has 0 amide bonds. The fourth-order valence-electron chi connectivity index (χ4n) is 2.16. The smallest absolute Gasteiger partial charge is 0.0717 e. The molecule has 2 nitrogen and oxygen atoms in total. The van der Waals surface area contributed by atoms with Crippen LogP contribution in [0.3, 0.4) is 0 Å². The maximum atomic E-state index is 4.62. The van der Waals surface area contributed by atoms with Crippen LogP contribution in [0, 0.1) is 0 Å². The summed E-state index contributed by atoms with van der Waals surface area (Å²) in [5.41, 5.74) is 4.71. The van der Waals surface area contributed by atoms with Crippen LogP contribution in [-0.2, 0) is 10.8 Å². The van der Waals surface area contributed by atoms with Crippen molar-refractivity contribution >= 4 is 0 Å². The normalized spacial score (nSPS) is 12.5. The maximum absolute atomic E-state index is 4.62. The van der Waals surface area contributed by atoms with Crippen molar-refractivity contribution in [3.8, 4) is 11.3 Å². The van der Waals surface area contributed by atoms with Crippen molar-refractivity contribution in [3.05, 3.63) is 47.9 Å². The summed E-state index contributed by atoms with van der Waals surface area (Å²) < 4.78 is 0. The zero-order chi connectivity index (χ0) is 15.7. The Labute approximate surface area is 128 Å². The number of nitrogens with zero attached hydrogens (tertiary/aromatic N) is 2. The Morgan fingerprint density at radius 1 is 0.857 bits per heavy atom. The van der Waals surface area contributed by atoms with Crippen molar-refractivity contribution in [2.45, 2.75) is 58.8 Å². The standard InChI is InChI=1S/C19H26N2/c1-7-19(5,6)15-9-10-16(20-13-15)14-8-11-17(21-12-14)18(2,3)4/h8-13H,7H2,1-6H3. The second-order valence-corrected chi connectivity index (χ2v) is 7.35. The van der Waals surface area contributed by atoms with Gasteiger partial charge < -0.3 is 0 Å². The van der Waals surface area contributed by atoms with Gasteiger partial charge in [-0.2, -0.15) is 0 Å². The molecule has 2 aromatic rings. The van der Waals surface area contributed by atoms with Gasteiger partial charge in [0.2, 0.25) is 0 Å². The lowest BCUT2D eigenvalue weighted by Gasteiger charge is -2.23. The van der Waals surface area contributed by atoms with Gasteiger partial charge >= 0.3 is 0 Å². The van der Waals surface area contributed by atoms with Gasteiger partial charge in [-0.05, 0) is 35.6 Å². The summed E-state index contributed by atoms with van der Waals surface area (Å²) in [7, 11) is 0. The molecule has 2 aromatic heterocycles. The molecule has 0 spiro atoms. The molecule has 0 saturated carbocycles. The Balaban J connectivity index is 2.27. The molecule has 2 heteroatoms. The van der Waals surface area contributed by atoms with Gasteiger partial charge in [0, 0.05) is 29.1 Å². The van der Waals surface area contributed by atoms with E-state index in [2.05, 4.69) is 75.8 Å². The molecule has 0 fully saturated rings. The van der Waals surface area contributed by atoms with Crippen LogP contribution < -0.4 is 0 Å². The summed E-state index contributed by atoms with van der Waals surface area (Å²) in [6.45, 7) is 13.2. The predicted octanol–water partition coefficient (Wildman–Crippen LogP) is 5.13. The van der Waals surface area contributed by atoms with Gasteiger partial charge in [-0.1, -0.05) is 47.6 Å². The van der Waals surface area contributed by atoms with Gasteiger partial charge in [0.1, 0.15) is 0 Å². The Morgan fingerprint density at radius 3 is 2.00 bits per heavy atom. The molecule has 21 heavy (non-hydrogen) atoms. The minimum Gasteiger partial charge on any atom is -0.260 e. The summed E-state index contributed by atoms with van der Waals surface area (Å²) in [5, 5.41) is 0. The highest BCUT2D eigenvalue weighted by molar-refractivity contribution is 5.58. The lowest BCUT2D eigenvalue weighted by molar-refractivity contribution is 0.504. The van der Waals surface area contributed by atoms with Crippen molar-refractivity contribution in [2.75, 3.05) is 0 Å². The van der Waals surface area contributed by atoms with Gasteiger partial charge in [0.15, 0.2) is 0 Å². The van der Waals surface area contributed by atoms with E-state index in [0.29, 0.717) is 0 Å². The number of pyridine rings is 2. The number of rotatable bonds is 3. The molecule has 0 radical (unpaired) electrons. The lowest BCUT2D eigenvalue weighted by atomic mass is 9.83. The number of hydrogen-bond acceptors (Lipinski definition) is 2. The minimum atomic E-state index is 0.0843. The molecule has 0 aliphatic rings. The number of hydrogen-bond donors (Lipinski definition) is 0. The first-order chi connectivity index (χ1) is 9.74. The second kappa shape index (κ2) is 5.59. The van der Waals surface area contributed by atoms with Gasteiger partial charge in [-0.15, -0.1) is 0 Å². The molecular formula is C19H26N2. The molecule has 0 N–H and O–H groups in total. The SMILES string of the molecule is CCC(C)(C)c1ccc(-c2ccc(C(C)(C)C)nc2)nc1. The molecule has 0 bridgehead atoms. The third-order valence-electron chi connectivity index (χ3n) is 4.26. The molecule has 2 rings (SSSR count). The maximum Gasteiger partial charge on any atom is 0.0717 e. The van der Waals surface area contributed by atoms with Crippen LogP contribution in [-0.4, -0.2) is 9.97 Å². The Kier molecular flexibility index (Phi) is 4.18. The Hall–Kier alpha value is -1.70. The van der Waals surface area contributed by atoms with Gasteiger partial charge in [0.05, 0.1) is 5.69 Å². The van der Waals surface area contributed by atoms with E-state index in [4.69, 9.17) is 0 Å². The molecule has 0 aliphatic carbocycles. The van der Waals surface area contributed by atoms with Crippen LogP contribution in [0.2, 0.25) is 0 Å². The molecular weight excluding hydrogens is 256 g/mol. The first-order valence-corrected chi connectivity index (χ1v) is 7.67. The monoisotopic (exact) mass is 282 g/mol. The van der Waals surface area contributed by atoms with E-state index >= 15 is 0 Å². The third-order valence-corrected chi connectivity index (χ3v) is 4.26. The lowest BCUT2D eigenvalue weighted by Crippen LogP contribution is -2.15. The Morgan fingerprint density at radius 2 is 1.57 bits per heavy atom. The van der Waals surface area contributed by atoms with Crippen LogP contribution >= 0.6 is 0 Å².